The Labute approximate surface area is 118 Å². The number of aromatic nitrogens is 2. The number of carbonyl (C=O) groups excluding carboxylic acids is 1. The van der Waals surface area contributed by atoms with Crippen molar-refractivity contribution in [3.63, 3.8) is 0 Å². The van der Waals surface area contributed by atoms with E-state index in [1.54, 1.807) is 9.58 Å². The summed E-state index contributed by atoms with van der Waals surface area (Å²) in [4.78, 5) is 24.9. The SMILES string of the molecule is Cc1nn(C)cc1CCC(=O)N1CCC[C@H](C(=O)O)C1. The predicted octanol–water partition coefficient (Wildman–Crippen LogP) is 0.984. The van der Waals surface area contributed by atoms with E-state index in [9.17, 15) is 9.59 Å². The van der Waals surface area contributed by atoms with E-state index in [0.29, 0.717) is 32.4 Å². The average molecular weight is 279 g/mol. The number of hydrogen-bond donors (Lipinski definition) is 1. The summed E-state index contributed by atoms with van der Waals surface area (Å²) in [5.74, 6) is -1.17. The third kappa shape index (κ3) is 3.37. The first-order valence-electron chi connectivity index (χ1n) is 6.97. The molecule has 1 aliphatic rings. The normalized spacial score (nSPS) is 19.1. The Morgan fingerprint density at radius 1 is 1.50 bits per heavy atom. The zero-order valence-corrected chi connectivity index (χ0v) is 12.0. The van der Waals surface area contributed by atoms with E-state index in [1.165, 1.54) is 0 Å². The Hall–Kier alpha value is -1.85. The quantitative estimate of drug-likeness (QED) is 0.891. The maximum atomic E-state index is 12.2. The summed E-state index contributed by atoms with van der Waals surface area (Å²) >= 11 is 0. The molecule has 0 saturated carbocycles. The van der Waals surface area contributed by atoms with Crippen molar-refractivity contribution in [2.24, 2.45) is 13.0 Å². The second-order valence-electron chi connectivity index (χ2n) is 5.43. The fourth-order valence-corrected chi connectivity index (χ4v) is 2.70. The highest BCUT2D eigenvalue weighted by Gasteiger charge is 2.27. The van der Waals surface area contributed by atoms with Crippen LogP contribution in [0.4, 0.5) is 0 Å². The Kier molecular flexibility index (Phi) is 4.42. The van der Waals surface area contributed by atoms with Crippen molar-refractivity contribution in [2.75, 3.05) is 13.1 Å². The van der Waals surface area contributed by atoms with Gasteiger partial charge in [0.1, 0.15) is 0 Å². The van der Waals surface area contributed by atoms with Gasteiger partial charge in [0.05, 0.1) is 11.6 Å². The number of likely N-dealkylation sites (tertiary alicyclic amines) is 1. The monoisotopic (exact) mass is 279 g/mol. The molecule has 0 radical (unpaired) electrons. The minimum Gasteiger partial charge on any atom is -0.481 e. The van der Waals surface area contributed by atoms with Gasteiger partial charge < -0.3 is 10.0 Å². The molecule has 1 saturated heterocycles. The summed E-state index contributed by atoms with van der Waals surface area (Å²) in [6.45, 7) is 2.95. The van der Waals surface area contributed by atoms with E-state index < -0.39 is 11.9 Å². The van der Waals surface area contributed by atoms with Crippen LogP contribution in [0, 0.1) is 12.8 Å². The molecule has 1 aliphatic heterocycles. The van der Waals surface area contributed by atoms with Crippen LogP contribution in [-0.2, 0) is 23.1 Å². The van der Waals surface area contributed by atoms with Crippen molar-refractivity contribution < 1.29 is 14.7 Å². The van der Waals surface area contributed by atoms with Gasteiger partial charge in [-0.05, 0) is 31.7 Å². The minimum atomic E-state index is -0.800. The maximum absolute atomic E-state index is 12.2. The van der Waals surface area contributed by atoms with Crippen molar-refractivity contribution in [1.29, 1.82) is 0 Å². The first-order chi connectivity index (χ1) is 9.47. The van der Waals surface area contributed by atoms with E-state index in [1.807, 2.05) is 20.2 Å². The van der Waals surface area contributed by atoms with E-state index in [0.717, 1.165) is 17.7 Å². The number of carboxylic acids is 1. The molecule has 1 aromatic rings. The smallest absolute Gasteiger partial charge is 0.308 e. The first kappa shape index (κ1) is 14.6. The molecule has 2 rings (SSSR count). The molecule has 0 aliphatic carbocycles. The molecule has 0 bridgehead atoms. The van der Waals surface area contributed by atoms with Gasteiger partial charge in [-0.2, -0.15) is 5.10 Å². The summed E-state index contributed by atoms with van der Waals surface area (Å²) in [5, 5.41) is 13.3. The molecule has 1 amide bonds. The third-order valence-electron chi connectivity index (χ3n) is 3.85. The zero-order valence-electron chi connectivity index (χ0n) is 12.0. The van der Waals surface area contributed by atoms with E-state index in [4.69, 9.17) is 5.11 Å². The number of aryl methyl sites for hydroxylation is 3. The summed E-state index contributed by atoms with van der Waals surface area (Å²) in [5.41, 5.74) is 2.02. The summed E-state index contributed by atoms with van der Waals surface area (Å²) in [6.07, 6.45) is 4.44. The van der Waals surface area contributed by atoms with Crippen molar-refractivity contribution in [2.45, 2.75) is 32.6 Å². The predicted molar refractivity (Wildman–Crippen MR) is 73.2 cm³/mol. The molecule has 6 nitrogen and oxygen atoms in total. The Morgan fingerprint density at radius 3 is 2.85 bits per heavy atom. The van der Waals surface area contributed by atoms with Crippen LogP contribution in [0.2, 0.25) is 0 Å². The topological polar surface area (TPSA) is 75.4 Å². The van der Waals surface area contributed by atoms with Crippen LogP contribution >= 0.6 is 0 Å². The van der Waals surface area contributed by atoms with E-state index >= 15 is 0 Å². The molecule has 1 fully saturated rings. The summed E-state index contributed by atoms with van der Waals surface area (Å²) in [7, 11) is 1.86. The summed E-state index contributed by atoms with van der Waals surface area (Å²) in [6, 6.07) is 0. The first-order valence-corrected chi connectivity index (χ1v) is 6.97. The number of aliphatic carboxylic acids is 1. The fraction of sp³-hybridized carbons (Fsp3) is 0.643. The second kappa shape index (κ2) is 6.07. The van der Waals surface area contributed by atoms with Crippen molar-refractivity contribution >= 4 is 11.9 Å². The Balaban J connectivity index is 1.88. The van der Waals surface area contributed by atoms with Crippen LogP contribution in [0.25, 0.3) is 0 Å². The number of rotatable bonds is 4. The van der Waals surface area contributed by atoms with Crippen LogP contribution in [0.15, 0.2) is 6.20 Å². The van der Waals surface area contributed by atoms with Gasteiger partial charge in [0.25, 0.3) is 0 Å². The molecule has 1 N–H and O–H groups in total. The molecule has 20 heavy (non-hydrogen) atoms. The van der Waals surface area contributed by atoms with Gasteiger partial charge in [-0.25, -0.2) is 0 Å². The van der Waals surface area contributed by atoms with Crippen molar-refractivity contribution in [1.82, 2.24) is 14.7 Å². The summed E-state index contributed by atoms with van der Waals surface area (Å²) < 4.78 is 1.75. The highest BCUT2D eigenvalue weighted by molar-refractivity contribution is 5.78. The molecule has 1 aromatic heterocycles. The number of hydrogen-bond acceptors (Lipinski definition) is 3. The third-order valence-corrected chi connectivity index (χ3v) is 3.85. The number of piperidine rings is 1. The van der Waals surface area contributed by atoms with Gasteiger partial charge in [-0.15, -0.1) is 0 Å². The maximum Gasteiger partial charge on any atom is 0.308 e. The number of amides is 1. The van der Waals surface area contributed by atoms with E-state index in [-0.39, 0.29) is 5.91 Å². The van der Waals surface area contributed by atoms with Crippen LogP contribution < -0.4 is 0 Å². The van der Waals surface area contributed by atoms with Gasteiger partial charge in [-0.1, -0.05) is 0 Å². The second-order valence-corrected chi connectivity index (χ2v) is 5.43. The fourth-order valence-electron chi connectivity index (χ4n) is 2.70. The molecular weight excluding hydrogens is 258 g/mol. The lowest BCUT2D eigenvalue weighted by atomic mass is 9.98. The van der Waals surface area contributed by atoms with Crippen LogP contribution in [0.5, 0.6) is 0 Å². The Bertz CT molecular complexity index is 510. The molecule has 1 atom stereocenters. The van der Waals surface area contributed by atoms with Gasteiger partial charge in [0.15, 0.2) is 0 Å². The van der Waals surface area contributed by atoms with Crippen LogP contribution in [0.3, 0.4) is 0 Å². The van der Waals surface area contributed by atoms with Crippen LogP contribution in [0.1, 0.15) is 30.5 Å². The number of nitrogens with zero attached hydrogens (tertiary/aromatic N) is 3. The largest absolute Gasteiger partial charge is 0.481 e. The van der Waals surface area contributed by atoms with Gasteiger partial charge >= 0.3 is 5.97 Å². The van der Waals surface area contributed by atoms with Crippen molar-refractivity contribution in [3.8, 4) is 0 Å². The molecule has 0 unspecified atom stereocenters. The lowest BCUT2D eigenvalue weighted by molar-refractivity contribution is -0.145. The highest BCUT2D eigenvalue weighted by atomic mass is 16.4. The minimum absolute atomic E-state index is 0.0409. The van der Waals surface area contributed by atoms with E-state index in [2.05, 4.69) is 5.10 Å². The zero-order chi connectivity index (χ0) is 14.7. The molecule has 110 valence electrons. The lowest BCUT2D eigenvalue weighted by Gasteiger charge is -2.30. The molecule has 2 heterocycles. The van der Waals surface area contributed by atoms with Gasteiger partial charge in [-0.3, -0.25) is 14.3 Å². The molecular formula is C14H21N3O3. The van der Waals surface area contributed by atoms with Crippen LogP contribution in [-0.4, -0.2) is 44.8 Å². The molecule has 0 spiro atoms. The molecule has 0 aromatic carbocycles. The highest BCUT2D eigenvalue weighted by Crippen LogP contribution is 2.18. The molecule has 6 heteroatoms. The lowest BCUT2D eigenvalue weighted by Crippen LogP contribution is -2.42. The van der Waals surface area contributed by atoms with Gasteiger partial charge in [0, 0.05) is 32.8 Å². The van der Waals surface area contributed by atoms with Crippen molar-refractivity contribution in [3.05, 3.63) is 17.5 Å². The standard InChI is InChI=1S/C14H21N3O3/c1-10-11(8-16(2)15-10)5-6-13(18)17-7-3-4-12(9-17)14(19)20/h8,12H,3-7,9H2,1-2H3,(H,19,20)/t12-/m0/s1. The van der Waals surface area contributed by atoms with Gasteiger partial charge in [0.2, 0.25) is 5.91 Å². The average Bonchev–Trinajstić information content (AvgIpc) is 2.74. The number of carbonyl (C=O) groups is 2. The Morgan fingerprint density at radius 2 is 2.25 bits per heavy atom. The number of carboxylic acid groups (broad SMARTS) is 1.